The molecule has 0 rings (SSSR count). The molecule has 5 amide bonds. The SMILES string of the molecule is CC(C)C[C@H](NC(=O)[C@H](CCCCN)NC(=O)[C@H](CO)NC(=O)[C@@H](N)CO)C(=O)N[C@@H](CCC(N)=O)C(=O)O. The molecule has 0 aliphatic carbocycles. The highest BCUT2D eigenvalue weighted by Gasteiger charge is 2.31. The molecular weight excluding hydrogens is 518 g/mol. The summed E-state index contributed by atoms with van der Waals surface area (Å²) in [6.07, 6.45) is 0.627. The van der Waals surface area contributed by atoms with E-state index in [9.17, 15) is 39.0 Å². The molecule has 0 aliphatic rings. The van der Waals surface area contributed by atoms with Crippen molar-refractivity contribution in [1.29, 1.82) is 0 Å². The molecule has 16 heteroatoms. The van der Waals surface area contributed by atoms with E-state index in [4.69, 9.17) is 22.3 Å². The van der Waals surface area contributed by atoms with Gasteiger partial charge in [-0.05, 0) is 44.6 Å². The summed E-state index contributed by atoms with van der Waals surface area (Å²) >= 11 is 0. The fraction of sp³-hybridized carbons (Fsp3) is 0.739. The Labute approximate surface area is 226 Å². The summed E-state index contributed by atoms with van der Waals surface area (Å²) in [6.45, 7) is 2.35. The molecule has 0 spiro atoms. The summed E-state index contributed by atoms with van der Waals surface area (Å²) < 4.78 is 0. The van der Waals surface area contributed by atoms with Crippen LogP contribution in [0.25, 0.3) is 0 Å². The van der Waals surface area contributed by atoms with Crippen LogP contribution in [0.5, 0.6) is 0 Å². The van der Waals surface area contributed by atoms with Gasteiger partial charge in [0.15, 0.2) is 0 Å². The van der Waals surface area contributed by atoms with Crippen LogP contribution in [0.4, 0.5) is 0 Å². The summed E-state index contributed by atoms with van der Waals surface area (Å²) in [5, 5.41) is 37.4. The van der Waals surface area contributed by atoms with E-state index in [0.29, 0.717) is 19.4 Å². The van der Waals surface area contributed by atoms with Gasteiger partial charge in [0.05, 0.1) is 13.2 Å². The van der Waals surface area contributed by atoms with Gasteiger partial charge < -0.3 is 53.8 Å². The Morgan fingerprint density at radius 2 is 1.23 bits per heavy atom. The van der Waals surface area contributed by atoms with Crippen molar-refractivity contribution in [1.82, 2.24) is 21.3 Å². The van der Waals surface area contributed by atoms with Crippen LogP contribution >= 0.6 is 0 Å². The van der Waals surface area contributed by atoms with E-state index in [1.165, 1.54) is 0 Å². The lowest BCUT2D eigenvalue weighted by Gasteiger charge is -2.26. The van der Waals surface area contributed by atoms with E-state index in [0.717, 1.165) is 0 Å². The van der Waals surface area contributed by atoms with Crippen molar-refractivity contribution in [3.8, 4) is 0 Å². The van der Waals surface area contributed by atoms with Crippen LogP contribution in [-0.4, -0.2) is 101 Å². The molecule has 0 radical (unpaired) electrons. The van der Waals surface area contributed by atoms with Crippen LogP contribution in [0.3, 0.4) is 0 Å². The number of hydrogen-bond acceptors (Lipinski definition) is 10. The number of amides is 5. The Bertz CT molecular complexity index is 841. The zero-order valence-corrected chi connectivity index (χ0v) is 22.4. The number of rotatable bonds is 20. The number of primary amides is 1. The van der Waals surface area contributed by atoms with Crippen molar-refractivity contribution in [3.05, 3.63) is 0 Å². The first-order valence-corrected chi connectivity index (χ1v) is 12.7. The fourth-order valence-corrected chi connectivity index (χ4v) is 3.38. The summed E-state index contributed by atoms with van der Waals surface area (Å²) in [4.78, 5) is 73.3. The number of carbonyl (C=O) groups excluding carboxylic acids is 5. The van der Waals surface area contributed by atoms with Gasteiger partial charge in [0, 0.05) is 6.42 Å². The standard InChI is InChI=1S/C23H43N7O9/c1-12(2)9-16(21(36)28-15(23(38)39)6-7-18(26)33)29-20(35)14(5-3-4-8-24)27-22(37)17(11-32)30-19(34)13(25)10-31/h12-17,31-32H,3-11,24-25H2,1-2H3,(H2,26,33)(H,27,37)(H,28,36)(H,29,35)(H,30,34)(H,38,39)/t13-,14-,15-,16-,17-/m0/s1. The molecule has 0 saturated heterocycles. The minimum Gasteiger partial charge on any atom is -0.480 e. The highest BCUT2D eigenvalue weighted by molar-refractivity contribution is 5.95. The molecule has 0 heterocycles. The van der Waals surface area contributed by atoms with E-state index in [-0.39, 0.29) is 31.6 Å². The summed E-state index contributed by atoms with van der Waals surface area (Å²) in [5.74, 6) is -5.61. The molecular formula is C23H43N7O9. The minimum atomic E-state index is -1.48. The molecule has 39 heavy (non-hydrogen) atoms. The third-order valence-electron chi connectivity index (χ3n) is 5.56. The van der Waals surface area contributed by atoms with E-state index in [1.54, 1.807) is 13.8 Å². The molecule has 0 aromatic carbocycles. The second kappa shape index (κ2) is 18.8. The monoisotopic (exact) mass is 561 g/mol. The highest BCUT2D eigenvalue weighted by Crippen LogP contribution is 2.09. The maximum Gasteiger partial charge on any atom is 0.326 e. The van der Waals surface area contributed by atoms with Gasteiger partial charge in [0.25, 0.3) is 0 Å². The van der Waals surface area contributed by atoms with Crippen molar-refractivity contribution >= 4 is 35.5 Å². The fourth-order valence-electron chi connectivity index (χ4n) is 3.38. The predicted molar refractivity (Wildman–Crippen MR) is 138 cm³/mol. The first-order chi connectivity index (χ1) is 18.3. The zero-order chi connectivity index (χ0) is 30.1. The minimum absolute atomic E-state index is 0.101. The Balaban J connectivity index is 5.69. The number of carboxylic acids is 1. The Morgan fingerprint density at radius 1 is 0.718 bits per heavy atom. The second-order valence-electron chi connectivity index (χ2n) is 9.47. The molecule has 0 saturated carbocycles. The lowest BCUT2D eigenvalue weighted by Crippen LogP contribution is -2.59. The van der Waals surface area contributed by atoms with Crippen molar-refractivity contribution in [3.63, 3.8) is 0 Å². The molecule has 0 aromatic rings. The van der Waals surface area contributed by atoms with E-state index in [2.05, 4.69) is 21.3 Å². The van der Waals surface area contributed by atoms with Gasteiger partial charge in [0.1, 0.15) is 30.2 Å². The van der Waals surface area contributed by atoms with Gasteiger partial charge >= 0.3 is 5.97 Å². The third-order valence-corrected chi connectivity index (χ3v) is 5.56. The maximum atomic E-state index is 13.2. The van der Waals surface area contributed by atoms with Gasteiger partial charge in [-0.1, -0.05) is 13.8 Å². The highest BCUT2D eigenvalue weighted by atomic mass is 16.4. The molecule has 5 atom stereocenters. The number of nitrogens with two attached hydrogens (primary N) is 3. The van der Waals surface area contributed by atoms with Crippen molar-refractivity contribution in [2.24, 2.45) is 23.1 Å². The van der Waals surface area contributed by atoms with Gasteiger partial charge in [-0.2, -0.15) is 0 Å². The van der Waals surface area contributed by atoms with Crippen LogP contribution < -0.4 is 38.5 Å². The first kappa shape index (κ1) is 35.7. The Hall–Kier alpha value is -3.34. The molecule has 0 bridgehead atoms. The lowest BCUT2D eigenvalue weighted by atomic mass is 10.0. The van der Waals surface area contributed by atoms with Gasteiger partial charge in [0.2, 0.25) is 29.5 Å². The topological polar surface area (TPSA) is 289 Å². The number of aliphatic hydroxyl groups is 2. The van der Waals surface area contributed by atoms with Crippen LogP contribution in [0.15, 0.2) is 0 Å². The largest absolute Gasteiger partial charge is 0.480 e. The second-order valence-corrected chi connectivity index (χ2v) is 9.47. The molecule has 16 nitrogen and oxygen atoms in total. The zero-order valence-electron chi connectivity index (χ0n) is 22.4. The number of carbonyl (C=O) groups is 6. The van der Waals surface area contributed by atoms with Crippen molar-refractivity contribution < 1.29 is 44.1 Å². The molecule has 0 fully saturated rings. The van der Waals surface area contributed by atoms with E-state index >= 15 is 0 Å². The number of aliphatic hydroxyl groups excluding tert-OH is 2. The summed E-state index contributed by atoms with van der Waals surface area (Å²) in [6, 6.07) is -6.61. The normalized spacial score (nSPS) is 14.8. The Kier molecular flexibility index (Phi) is 17.2. The van der Waals surface area contributed by atoms with E-state index < -0.39 is 78.9 Å². The lowest BCUT2D eigenvalue weighted by molar-refractivity contribution is -0.142. The van der Waals surface area contributed by atoms with Gasteiger partial charge in [-0.3, -0.25) is 24.0 Å². The average molecular weight is 562 g/mol. The number of hydrogen-bond donors (Lipinski definition) is 10. The average Bonchev–Trinajstić information content (AvgIpc) is 2.86. The van der Waals surface area contributed by atoms with Crippen molar-refractivity contribution in [2.75, 3.05) is 19.8 Å². The van der Waals surface area contributed by atoms with Crippen LogP contribution in [0.1, 0.15) is 52.4 Å². The molecule has 0 unspecified atom stereocenters. The van der Waals surface area contributed by atoms with Crippen molar-refractivity contribution in [2.45, 2.75) is 82.6 Å². The molecule has 0 aliphatic heterocycles. The molecule has 224 valence electrons. The quantitative estimate of drug-likeness (QED) is 0.0635. The molecule has 13 N–H and O–H groups in total. The predicted octanol–water partition coefficient (Wildman–Crippen LogP) is -4.24. The summed E-state index contributed by atoms with van der Waals surface area (Å²) in [5.41, 5.74) is 16.0. The number of carboxylic acid groups (broad SMARTS) is 1. The van der Waals surface area contributed by atoms with Crippen LogP contribution in [0.2, 0.25) is 0 Å². The number of nitrogens with one attached hydrogen (secondary N) is 4. The van der Waals surface area contributed by atoms with E-state index in [1.807, 2.05) is 0 Å². The first-order valence-electron chi connectivity index (χ1n) is 12.7. The van der Waals surface area contributed by atoms with Crippen LogP contribution in [0, 0.1) is 5.92 Å². The summed E-state index contributed by atoms with van der Waals surface area (Å²) in [7, 11) is 0. The van der Waals surface area contributed by atoms with Gasteiger partial charge in [-0.15, -0.1) is 0 Å². The maximum absolute atomic E-state index is 13.2. The Morgan fingerprint density at radius 3 is 1.72 bits per heavy atom. The smallest absolute Gasteiger partial charge is 0.326 e. The number of unbranched alkanes of at least 4 members (excludes halogenated alkanes) is 1. The van der Waals surface area contributed by atoms with Crippen LogP contribution in [-0.2, 0) is 28.8 Å². The van der Waals surface area contributed by atoms with Gasteiger partial charge in [-0.25, -0.2) is 4.79 Å². The number of aliphatic carboxylic acids is 1. The molecule has 0 aromatic heterocycles. The third kappa shape index (κ3) is 14.4.